The van der Waals surface area contributed by atoms with Gasteiger partial charge in [-0.15, -0.1) is 0 Å². The molecule has 6 aromatic carbocycles. The van der Waals surface area contributed by atoms with Gasteiger partial charge in [0.1, 0.15) is 6.15 Å². The zero-order chi connectivity index (χ0) is 57.9. The Hall–Kier alpha value is -7.42. The second-order valence-corrected chi connectivity index (χ2v) is 16.9. The van der Waals surface area contributed by atoms with Gasteiger partial charge in [0.25, 0.3) is 0 Å². The van der Waals surface area contributed by atoms with Crippen molar-refractivity contribution in [1.82, 2.24) is 0 Å². The topological polar surface area (TPSA) is 41.2 Å². The summed E-state index contributed by atoms with van der Waals surface area (Å²) < 4.78 is 343. The van der Waals surface area contributed by atoms with Crippen molar-refractivity contribution < 1.29 is 120 Å². The van der Waals surface area contributed by atoms with Gasteiger partial charge < -0.3 is 5.11 Å². The Morgan fingerprint density at radius 1 is 0.364 bits per heavy atom. The summed E-state index contributed by atoms with van der Waals surface area (Å²) in [5, 5.41) is 9.98. The predicted octanol–water partition coefficient (Wildman–Crippen LogP) is 14.1. The molecule has 7 aromatic rings. The first kappa shape index (κ1) is 58.8. The number of benzene rings is 6. The Balaban J connectivity index is 0.000000397. The predicted molar refractivity (Wildman–Crippen MR) is 227 cm³/mol. The van der Waals surface area contributed by atoms with Crippen molar-refractivity contribution in [2.45, 2.75) is 56.0 Å². The lowest BCUT2D eigenvalue weighted by molar-refractivity contribution is -0.662. The fourth-order valence-corrected chi connectivity index (χ4v) is 8.40. The number of rotatable bonds is 7. The van der Waals surface area contributed by atoms with E-state index in [1.165, 1.54) is 5.56 Å². The van der Waals surface area contributed by atoms with E-state index in [1.54, 1.807) is 12.1 Å². The normalized spacial score (nSPS) is 13.4. The summed E-state index contributed by atoms with van der Waals surface area (Å²) in [4.78, 5) is 11.0. The van der Waals surface area contributed by atoms with Crippen LogP contribution in [0.15, 0.2) is 140 Å². The Bertz CT molecular complexity index is 2870. The molecular formula is C49H26BF24NO2. The van der Waals surface area contributed by atoms with Crippen LogP contribution in [0.5, 0.6) is 0 Å². The van der Waals surface area contributed by atoms with E-state index >= 15 is 0 Å². The molecule has 0 amide bonds. The summed E-state index contributed by atoms with van der Waals surface area (Å²) in [5.41, 5.74) is -27.6. The number of fused-ring (bicyclic) bond motifs is 1. The molecule has 0 aliphatic heterocycles. The highest BCUT2D eigenvalue weighted by molar-refractivity contribution is 7.20. The first-order chi connectivity index (χ1) is 35.0. The highest BCUT2D eigenvalue weighted by Crippen LogP contribution is 2.41. The van der Waals surface area contributed by atoms with Gasteiger partial charge in [-0.1, -0.05) is 78.9 Å². The number of carboxylic acid groups (broad SMARTS) is 1. The van der Waals surface area contributed by atoms with Crippen LogP contribution in [-0.2, 0) is 56.0 Å². The molecule has 0 fully saturated rings. The van der Waals surface area contributed by atoms with E-state index < -0.39 is 201 Å². The number of carboxylic acids is 1. The van der Waals surface area contributed by atoms with Gasteiger partial charge >= 0.3 is 55.4 Å². The van der Waals surface area contributed by atoms with E-state index in [2.05, 4.69) is 16.7 Å². The van der Waals surface area contributed by atoms with Gasteiger partial charge in [0, 0.05) is 23.1 Å². The smallest absolute Gasteiger partial charge is 0.416 e. The maximum absolute atomic E-state index is 14.2. The first-order valence-electron chi connectivity index (χ1n) is 21.1. The highest BCUT2D eigenvalue weighted by atomic mass is 19.4. The van der Waals surface area contributed by atoms with E-state index in [0.717, 1.165) is 17.4 Å². The highest BCUT2D eigenvalue weighted by Gasteiger charge is 2.47. The van der Waals surface area contributed by atoms with Crippen LogP contribution < -0.4 is 26.4 Å². The van der Waals surface area contributed by atoms with Crippen LogP contribution in [0.4, 0.5) is 105 Å². The van der Waals surface area contributed by atoms with E-state index in [0.29, 0.717) is 5.56 Å². The van der Waals surface area contributed by atoms with Crippen molar-refractivity contribution in [3.63, 3.8) is 0 Å². The SMILES string of the molecule is FC(F)(F)c1cc([B-](c2cc(C(F)(F)F)cc(C(F)(F)F)c2)(c2cc(C(F)(F)F)cc(C(F)(F)F)c2)c2cc(C(F)(F)F)cc(C(F)(F)F)c2)cc(C(F)(F)F)c1.O=C(O)c1ccc2c(ccc[n+]2Cc2ccccc2)c1. The molecule has 28 heteroatoms. The monoisotopic (exact) mass is 1130 g/mol. The van der Waals surface area contributed by atoms with Crippen LogP contribution in [0, 0.1) is 0 Å². The first-order valence-corrected chi connectivity index (χ1v) is 21.1. The van der Waals surface area contributed by atoms with Crippen molar-refractivity contribution in [3.8, 4) is 0 Å². The standard InChI is InChI=1S/C32H12BF24.C17H13NO2/c34-25(35,36)13-1-14(26(37,38)39)6-21(5-13)33(22-7-15(27(40,41)42)2-16(8-22)28(43,44)45,23-9-17(29(46,47)48)3-18(10-23)30(49,50)51)24-11-19(31(52,53)54)4-20(12-24)32(55,56)57;19-17(20)15-8-9-16-14(11-15)7-4-10-18(16)12-13-5-2-1-3-6-13/h1-12H;1-11H,12H2/q-1;/p+1. The molecule has 0 saturated heterocycles. The molecule has 1 N–H and O–H groups in total. The molecule has 0 unspecified atom stereocenters. The van der Waals surface area contributed by atoms with Crippen LogP contribution in [0.3, 0.4) is 0 Å². The lowest BCUT2D eigenvalue weighted by Crippen LogP contribution is -2.75. The number of hydrogen-bond donors (Lipinski definition) is 1. The molecule has 0 saturated carbocycles. The average Bonchev–Trinajstić information content (AvgIpc) is 3.30. The summed E-state index contributed by atoms with van der Waals surface area (Å²) in [6, 6.07) is 10.5. The zero-order valence-corrected chi connectivity index (χ0v) is 37.4. The third kappa shape index (κ3) is 13.2. The Morgan fingerprint density at radius 2 is 0.649 bits per heavy atom. The average molecular weight is 1130 g/mol. The van der Waals surface area contributed by atoms with Gasteiger partial charge in [0.05, 0.1) is 50.1 Å². The van der Waals surface area contributed by atoms with Crippen LogP contribution in [0.2, 0.25) is 0 Å². The van der Waals surface area contributed by atoms with Gasteiger partial charge in [-0.2, -0.15) is 132 Å². The van der Waals surface area contributed by atoms with Crippen molar-refractivity contribution in [2.75, 3.05) is 0 Å². The van der Waals surface area contributed by atoms with Crippen molar-refractivity contribution in [1.29, 1.82) is 0 Å². The Kier molecular flexibility index (Phi) is 15.4. The third-order valence-electron chi connectivity index (χ3n) is 11.8. The molecule has 0 atom stereocenters. The zero-order valence-electron chi connectivity index (χ0n) is 37.4. The van der Waals surface area contributed by atoms with Gasteiger partial charge in [-0.3, -0.25) is 0 Å². The molecule has 1 heterocycles. The van der Waals surface area contributed by atoms with Crippen LogP contribution in [-0.4, -0.2) is 17.2 Å². The Morgan fingerprint density at radius 3 is 0.909 bits per heavy atom. The minimum absolute atomic E-state index is 0.315. The molecule has 0 spiro atoms. The van der Waals surface area contributed by atoms with E-state index in [-0.39, 0.29) is 0 Å². The largest absolute Gasteiger partial charge is 0.478 e. The molecule has 0 radical (unpaired) electrons. The van der Waals surface area contributed by atoms with Crippen molar-refractivity contribution in [3.05, 3.63) is 195 Å². The molecule has 0 aliphatic rings. The number of hydrogen-bond acceptors (Lipinski definition) is 1. The lowest BCUT2D eigenvalue weighted by atomic mass is 9.12. The minimum atomic E-state index is -6.13. The summed E-state index contributed by atoms with van der Waals surface area (Å²) in [7, 11) is 0. The van der Waals surface area contributed by atoms with Crippen molar-refractivity contribution in [2.24, 2.45) is 0 Å². The summed E-state index contributed by atoms with van der Waals surface area (Å²) in [5.74, 6) is -0.898. The minimum Gasteiger partial charge on any atom is -0.478 e. The number of alkyl halides is 24. The number of pyridine rings is 1. The van der Waals surface area contributed by atoms with Gasteiger partial charge in [0.2, 0.25) is 5.52 Å². The fourth-order valence-electron chi connectivity index (χ4n) is 8.40. The number of carbonyl (C=O) groups is 1. The molecular weight excluding hydrogens is 1100 g/mol. The molecule has 1 aromatic heterocycles. The number of nitrogens with zero attached hydrogens (tertiary/aromatic N) is 1. The fraction of sp³-hybridized carbons (Fsp3) is 0.184. The molecule has 7 rings (SSSR count). The third-order valence-corrected chi connectivity index (χ3v) is 11.8. The van der Waals surface area contributed by atoms with Crippen LogP contribution >= 0.6 is 0 Å². The lowest BCUT2D eigenvalue weighted by Gasteiger charge is -2.46. The number of halogens is 24. The molecule has 0 bridgehead atoms. The maximum atomic E-state index is 14.2. The van der Waals surface area contributed by atoms with Crippen molar-refractivity contribution >= 4 is 44.9 Å². The molecule has 410 valence electrons. The second kappa shape index (κ2) is 20.2. The van der Waals surface area contributed by atoms with Gasteiger partial charge in [0.15, 0.2) is 12.7 Å². The summed E-state index contributed by atoms with van der Waals surface area (Å²) >= 11 is 0. The summed E-state index contributed by atoms with van der Waals surface area (Å²) in [6.07, 6.45) is -52.8. The quantitative estimate of drug-likeness (QED) is 0.0982. The molecule has 77 heavy (non-hydrogen) atoms. The molecule has 0 aliphatic carbocycles. The van der Waals surface area contributed by atoms with E-state index in [1.807, 2.05) is 42.6 Å². The maximum Gasteiger partial charge on any atom is 0.416 e. The van der Waals surface area contributed by atoms with E-state index in [9.17, 15) is 110 Å². The second-order valence-electron chi connectivity index (χ2n) is 16.9. The van der Waals surface area contributed by atoms with Gasteiger partial charge in [-0.05, 0) is 42.5 Å². The molecule has 3 nitrogen and oxygen atoms in total. The summed E-state index contributed by atoms with van der Waals surface area (Å²) in [6.45, 7) is 0.768. The van der Waals surface area contributed by atoms with E-state index in [4.69, 9.17) is 5.11 Å². The number of aromatic carboxylic acids is 1. The number of aromatic nitrogens is 1. The van der Waals surface area contributed by atoms with Gasteiger partial charge in [-0.25, -0.2) is 4.79 Å². The van der Waals surface area contributed by atoms with Crippen LogP contribution in [0.25, 0.3) is 10.9 Å². The Labute approximate surface area is 415 Å². The van der Waals surface area contributed by atoms with Crippen LogP contribution in [0.1, 0.15) is 60.4 Å².